The Morgan fingerprint density at radius 1 is 0.846 bits per heavy atom. The summed E-state index contributed by atoms with van der Waals surface area (Å²) in [6, 6.07) is -1.14. The van der Waals surface area contributed by atoms with Crippen molar-refractivity contribution in [2.75, 3.05) is 27.9 Å². The molecule has 15 atom stereocenters. The number of fused-ring (bicyclic) bond motifs is 3. The van der Waals surface area contributed by atoms with Gasteiger partial charge in [-0.25, -0.2) is 4.79 Å². The van der Waals surface area contributed by atoms with Crippen molar-refractivity contribution in [3.05, 3.63) is 47.6 Å². The molecule has 0 aromatic heterocycles. The zero-order valence-corrected chi connectivity index (χ0v) is 40.6. The summed E-state index contributed by atoms with van der Waals surface area (Å²) in [5, 5.41) is 33.8. The van der Waals surface area contributed by atoms with E-state index < -0.39 is 83.9 Å². The van der Waals surface area contributed by atoms with E-state index >= 15 is 0 Å². The SMILES string of the molecule is CO[C@H]1C[C@@H]2CC[C@@H](C)[C@@](O)(O2)C(=O)C(=O)N2CCCC[C@H]2C(=O)O[C@H]([C@H](C)C[C@@H]2CC[C@@H](O)[C@H](OC)C2)CC(=O)[C@H](C)/C=C(\C)[C@H](O)[C@@H](OC)C(=O)[C@H](C)C[C@H](C)\C=C/C=C/C=C/1C. The first kappa shape index (κ1) is 54.2. The number of amides is 1. The van der Waals surface area contributed by atoms with E-state index in [0.717, 1.165) is 12.0 Å². The van der Waals surface area contributed by atoms with Crippen LogP contribution < -0.4 is 0 Å². The van der Waals surface area contributed by atoms with Gasteiger partial charge in [0.15, 0.2) is 5.78 Å². The van der Waals surface area contributed by atoms with Gasteiger partial charge in [0.25, 0.3) is 11.7 Å². The Bertz CT molecular complexity index is 1760. The van der Waals surface area contributed by atoms with E-state index in [9.17, 15) is 39.3 Å². The first-order chi connectivity index (χ1) is 30.7. The quantitative estimate of drug-likeness (QED) is 0.156. The summed E-state index contributed by atoms with van der Waals surface area (Å²) in [5.74, 6) is -7.96. The van der Waals surface area contributed by atoms with Gasteiger partial charge in [0, 0.05) is 58.5 Å². The van der Waals surface area contributed by atoms with Gasteiger partial charge in [-0.3, -0.25) is 19.2 Å². The van der Waals surface area contributed by atoms with E-state index in [2.05, 4.69) is 0 Å². The third kappa shape index (κ3) is 14.3. The summed E-state index contributed by atoms with van der Waals surface area (Å²) in [6.07, 6.45) is 11.2. The fourth-order valence-corrected chi connectivity index (χ4v) is 10.1. The number of Topliss-reactive ketones (excluding diaryl/α,β-unsaturated/α-hetero) is 3. The smallest absolute Gasteiger partial charge is 0.329 e. The molecule has 4 rings (SSSR count). The van der Waals surface area contributed by atoms with Crippen molar-refractivity contribution >= 4 is 29.2 Å². The van der Waals surface area contributed by atoms with Crippen LogP contribution in [-0.2, 0) is 47.7 Å². The molecule has 0 spiro atoms. The van der Waals surface area contributed by atoms with Crippen molar-refractivity contribution in [2.45, 2.75) is 180 Å². The Balaban J connectivity index is 1.70. The van der Waals surface area contributed by atoms with Crippen molar-refractivity contribution in [2.24, 2.45) is 35.5 Å². The number of aliphatic hydroxyl groups is 3. The third-order valence-electron chi connectivity index (χ3n) is 14.5. The normalized spacial score (nSPS) is 40.4. The number of nitrogens with zero attached hydrogens (tertiary/aromatic N) is 1. The molecule has 0 radical (unpaired) electrons. The van der Waals surface area contributed by atoms with Crippen LogP contribution in [0, 0.1) is 35.5 Å². The lowest BCUT2D eigenvalue weighted by Crippen LogP contribution is -2.61. The zero-order chi connectivity index (χ0) is 48.2. The number of rotatable bonds is 6. The van der Waals surface area contributed by atoms with Crippen LogP contribution in [-0.4, -0.2) is 132 Å². The Labute approximate surface area is 387 Å². The number of piperidine rings is 1. The van der Waals surface area contributed by atoms with Gasteiger partial charge < -0.3 is 43.9 Å². The van der Waals surface area contributed by atoms with Gasteiger partial charge in [0.05, 0.1) is 24.4 Å². The van der Waals surface area contributed by atoms with E-state index in [1.54, 1.807) is 41.1 Å². The summed E-state index contributed by atoms with van der Waals surface area (Å²) in [4.78, 5) is 71.8. The Morgan fingerprint density at radius 3 is 2.25 bits per heavy atom. The molecular weight excluding hydrogens is 835 g/mol. The summed E-state index contributed by atoms with van der Waals surface area (Å²) >= 11 is 0. The Morgan fingerprint density at radius 2 is 1.57 bits per heavy atom. The number of allylic oxidation sites excluding steroid dienone is 6. The predicted octanol–water partition coefficient (Wildman–Crippen LogP) is 6.18. The minimum Gasteiger partial charge on any atom is -0.460 e. The molecule has 0 aromatic rings. The summed E-state index contributed by atoms with van der Waals surface area (Å²) in [6.45, 7) is 12.7. The molecule has 65 heavy (non-hydrogen) atoms. The highest BCUT2D eigenvalue weighted by atomic mass is 16.6. The monoisotopic (exact) mass is 914 g/mol. The minimum atomic E-state index is -2.43. The van der Waals surface area contributed by atoms with Crippen LogP contribution in [0.25, 0.3) is 0 Å². The van der Waals surface area contributed by atoms with Gasteiger partial charge in [-0.15, -0.1) is 0 Å². The molecule has 4 aliphatic rings. The highest BCUT2D eigenvalue weighted by molar-refractivity contribution is 6.39. The number of carbonyl (C=O) groups is 5. The first-order valence-electron chi connectivity index (χ1n) is 23.9. The molecule has 0 unspecified atom stereocenters. The van der Waals surface area contributed by atoms with Crippen molar-refractivity contribution in [1.29, 1.82) is 0 Å². The number of aliphatic hydroxyl groups excluding tert-OH is 2. The molecule has 1 aliphatic carbocycles. The number of esters is 1. The third-order valence-corrected chi connectivity index (χ3v) is 14.5. The molecule has 3 N–H and O–H groups in total. The number of cyclic esters (lactones) is 1. The lowest BCUT2D eigenvalue weighted by Gasteiger charge is -2.42. The highest BCUT2D eigenvalue weighted by Gasteiger charge is 2.53. The summed E-state index contributed by atoms with van der Waals surface area (Å²) in [5.41, 5.74) is 1.27. The maximum absolute atomic E-state index is 14.4. The number of ketones is 3. The Hall–Kier alpha value is -3.37. The molecule has 3 fully saturated rings. The van der Waals surface area contributed by atoms with Gasteiger partial charge in [0.1, 0.15) is 30.1 Å². The van der Waals surface area contributed by atoms with Crippen LogP contribution in [0.4, 0.5) is 0 Å². The van der Waals surface area contributed by atoms with E-state index in [0.29, 0.717) is 63.4 Å². The molecule has 1 saturated carbocycles. The standard InChI is InChI=1S/C51H79NO13/c1-30-16-12-11-13-17-31(2)42(61-8)28-38-21-19-36(7)51(60,65-38)48(57)49(58)52-23-15-14-18-39(52)50(59)64-43(33(4)26-37-20-22-40(53)44(27-37)62-9)29-41(54)32(3)25-35(6)46(56)47(63-10)45(55)34(5)24-30/h11-13,16-17,25,30,32-34,36-40,42-44,46-47,53,56,60H,14-15,18-24,26-29H2,1-10H3/b13-11+,16-12-,31-17+,35-25+/t30-,32-,33-,34-,36-,37+,38+,39+,40-,42+,43+,44-,46+,47+,51-/m1/s1. The summed E-state index contributed by atoms with van der Waals surface area (Å²) in [7, 11) is 4.52. The number of ether oxygens (including phenoxy) is 5. The van der Waals surface area contributed by atoms with Crippen molar-refractivity contribution in [1.82, 2.24) is 4.90 Å². The number of methoxy groups -OCH3 is 3. The van der Waals surface area contributed by atoms with Gasteiger partial charge in [-0.2, -0.15) is 0 Å². The van der Waals surface area contributed by atoms with E-state index in [4.69, 9.17) is 23.7 Å². The van der Waals surface area contributed by atoms with Gasteiger partial charge in [-0.05, 0) is 107 Å². The number of carbonyl (C=O) groups excluding carboxylic acids is 5. The lowest BCUT2D eigenvalue weighted by molar-refractivity contribution is -0.265. The Kier molecular flexibility index (Phi) is 21.0. The van der Waals surface area contributed by atoms with Crippen LogP contribution in [0.5, 0.6) is 0 Å². The van der Waals surface area contributed by atoms with Crippen LogP contribution >= 0.6 is 0 Å². The van der Waals surface area contributed by atoms with Gasteiger partial charge in [-0.1, -0.05) is 71.1 Å². The second-order valence-electron chi connectivity index (χ2n) is 19.6. The largest absolute Gasteiger partial charge is 0.460 e. The van der Waals surface area contributed by atoms with E-state index in [1.165, 1.54) is 12.0 Å². The zero-order valence-electron chi connectivity index (χ0n) is 40.6. The van der Waals surface area contributed by atoms with Gasteiger partial charge in [0.2, 0.25) is 5.79 Å². The van der Waals surface area contributed by atoms with Gasteiger partial charge >= 0.3 is 5.97 Å². The van der Waals surface area contributed by atoms with E-state index in [1.807, 2.05) is 58.1 Å². The molecule has 0 aromatic carbocycles. The highest BCUT2D eigenvalue weighted by Crippen LogP contribution is 2.38. The molecule has 14 heteroatoms. The molecule has 1 amide bonds. The average molecular weight is 914 g/mol. The molecule has 3 aliphatic heterocycles. The molecule has 2 saturated heterocycles. The lowest BCUT2D eigenvalue weighted by atomic mass is 9.78. The fraction of sp³-hybridized carbons (Fsp3) is 0.745. The predicted molar refractivity (Wildman–Crippen MR) is 245 cm³/mol. The van der Waals surface area contributed by atoms with Crippen molar-refractivity contribution in [3.63, 3.8) is 0 Å². The van der Waals surface area contributed by atoms with Crippen LogP contribution in [0.1, 0.15) is 126 Å². The maximum atomic E-state index is 14.4. The number of hydrogen-bond donors (Lipinski definition) is 3. The average Bonchev–Trinajstić information content (AvgIpc) is 3.28. The molecular formula is C51H79NO13. The summed E-state index contributed by atoms with van der Waals surface area (Å²) < 4.78 is 29.4. The molecule has 14 nitrogen and oxygen atoms in total. The van der Waals surface area contributed by atoms with Crippen molar-refractivity contribution in [3.8, 4) is 0 Å². The fourth-order valence-electron chi connectivity index (χ4n) is 10.1. The molecule has 3 heterocycles. The van der Waals surface area contributed by atoms with E-state index in [-0.39, 0.29) is 54.8 Å². The topological polar surface area (TPSA) is 195 Å². The number of hydrogen-bond acceptors (Lipinski definition) is 13. The van der Waals surface area contributed by atoms with Crippen LogP contribution in [0.15, 0.2) is 47.6 Å². The minimum absolute atomic E-state index is 0.0193. The van der Waals surface area contributed by atoms with Crippen LogP contribution in [0.3, 0.4) is 0 Å². The second-order valence-corrected chi connectivity index (χ2v) is 19.6. The first-order valence-corrected chi connectivity index (χ1v) is 23.9. The maximum Gasteiger partial charge on any atom is 0.329 e. The van der Waals surface area contributed by atoms with Crippen molar-refractivity contribution < 1.29 is 63.0 Å². The van der Waals surface area contributed by atoms with Crippen LogP contribution in [0.2, 0.25) is 0 Å². The molecule has 366 valence electrons. The molecule has 2 bridgehead atoms. The second kappa shape index (κ2) is 25.1.